The predicted octanol–water partition coefficient (Wildman–Crippen LogP) is 2.70. The first-order chi connectivity index (χ1) is 9.39. The Balaban J connectivity index is 2.23. The van der Waals surface area contributed by atoms with Crippen molar-refractivity contribution in [2.45, 2.75) is 57.4 Å². The van der Waals surface area contributed by atoms with Crippen LogP contribution in [0.2, 0.25) is 0 Å². The monoisotopic (exact) mass is 274 g/mol. The van der Waals surface area contributed by atoms with Crippen LogP contribution in [0, 0.1) is 0 Å². The van der Waals surface area contributed by atoms with Gasteiger partial charge in [0.05, 0.1) is 5.92 Å². The van der Waals surface area contributed by atoms with Crippen molar-refractivity contribution in [1.29, 1.82) is 0 Å². The number of carbonyl (C=O) groups excluding carboxylic acids is 1. The number of nitrogens with one attached hydrogen (secondary N) is 1. The number of hydrogen-bond donors (Lipinski definition) is 2. The van der Waals surface area contributed by atoms with Gasteiger partial charge in [0, 0.05) is 6.04 Å². The maximum absolute atomic E-state index is 11.9. The minimum atomic E-state index is -0.229. The summed E-state index contributed by atoms with van der Waals surface area (Å²) in [4.78, 5) is 11.9. The van der Waals surface area contributed by atoms with Gasteiger partial charge in [-0.2, -0.15) is 0 Å². The fourth-order valence-corrected chi connectivity index (χ4v) is 2.95. The zero-order chi connectivity index (χ0) is 14.8. The van der Waals surface area contributed by atoms with Crippen molar-refractivity contribution in [3.63, 3.8) is 0 Å². The van der Waals surface area contributed by atoms with E-state index in [0.29, 0.717) is 0 Å². The lowest BCUT2D eigenvalue weighted by molar-refractivity contribution is -0.120. The lowest BCUT2D eigenvalue weighted by Gasteiger charge is -2.30. The molecule has 2 rings (SSSR count). The Kier molecular flexibility index (Phi) is 4.48. The highest BCUT2D eigenvalue weighted by Crippen LogP contribution is 2.28. The van der Waals surface area contributed by atoms with E-state index in [4.69, 9.17) is 5.73 Å². The maximum atomic E-state index is 11.9. The van der Waals surface area contributed by atoms with Gasteiger partial charge in [-0.3, -0.25) is 4.79 Å². The summed E-state index contributed by atoms with van der Waals surface area (Å²) in [5.41, 5.74) is 8.08. The van der Waals surface area contributed by atoms with Gasteiger partial charge in [0.2, 0.25) is 5.91 Å². The van der Waals surface area contributed by atoms with Crippen LogP contribution in [-0.4, -0.2) is 18.5 Å². The first-order valence-corrected chi connectivity index (χ1v) is 7.53. The Morgan fingerprint density at radius 1 is 1.25 bits per heavy atom. The number of rotatable bonds is 3. The highest BCUT2D eigenvalue weighted by atomic mass is 16.1. The van der Waals surface area contributed by atoms with Crippen molar-refractivity contribution < 1.29 is 4.79 Å². The molecule has 2 atom stereocenters. The minimum absolute atomic E-state index is 0.129. The number of carbonyl (C=O) groups is 1. The largest absolute Gasteiger partial charge is 0.369 e. The molecule has 1 aromatic rings. The van der Waals surface area contributed by atoms with E-state index in [0.717, 1.165) is 18.5 Å². The highest BCUT2D eigenvalue weighted by Gasteiger charge is 2.29. The average molecular weight is 274 g/mol. The third kappa shape index (κ3) is 3.40. The quantitative estimate of drug-likeness (QED) is 0.890. The van der Waals surface area contributed by atoms with Gasteiger partial charge < -0.3 is 11.1 Å². The topological polar surface area (TPSA) is 55.1 Å². The molecule has 1 aromatic carbocycles. The molecule has 1 aliphatic rings. The molecule has 1 amide bonds. The summed E-state index contributed by atoms with van der Waals surface area (Å²) in [6.45, 7) is 7.55. The fraction of sp³-hybridized carbons (Fsp3) is 0.588. The van der Waals surface area contributed by atoms with E-state index < -0.39 is 0 Å². The highest BCUT2D eigenvalue weighted by molar-refractivity contribution is 5.82. The molecule has 1 fully saturated rings. The molecule has 0 saturated carbocycles. The van der Waals surface area contributed by atoms with Gasteiger partial charge in [-0.05, 0) is 35.9 Å². The average Bonchev–Trinajstić information content (AvgIpc) is 2.39. The van der Waals surface area contributed by atoms with Crippen LogP contribution in [0.3, 0.4) is 0 Å². The Morgan fingerprint density at radius 2 is 1.90 bits per heavy atom. The standard InChI is InChI=1S/C17H26N2O/c1-17(2,3)13-9-7-12(8-10-13)15(16(18)20)14-6-4-5-11-19-14/h7-10,14-15,19H,4-6,11H2,1-3H3,(H2,18,20)/t14-,15+/m1/s1. The molecule has 1 aliphatic heterocycles. The number of primary amides is 1. The molecule has 0 bridgehead atoms. The van der Waals surface area contributed by atoms with Crippen LogP contribution < -0.4 is 11.1 Å². The SMILES string of the molecule is CC(C)(C)c1ccc([C@H](C(N)=O)[C@H]2CCCCN2)cc1. The summed E-state index contributed by atoms with van der Waals surface area (Å²) in [6.07, 6.45) is 3.38. The van der Waals surface area contributed by atoms with Crippen molar-refractivity contribution in [1.82, 2.24) is 5.32 Å². The Morgan fingerprint density at radius 3 is 2.35 bits per heavy atom. The number of benzene rings is 1. The van der Waals surface area contributed by atoms with Crippen molar-refractivity contribution >= 4 is 5.91 Å². The van der Waals surface area contributed by atoms with Gasteiger partial charge in [0.15, 0.2) is 0 Å². The van der Waals surface area contributed by atoms with Crippen LogP contribution in [0.1, 0.15) is 57.1 Å². The third-order valence-corrected chi connectivity index (χ3v) is 4.19. The zero-order valence-electron chi connectivity index (χ0n) is 12.8. The van der Waals surface area contributed by atoms with Crippen LogP contribution in [0.15, 0.2) is 24.3 Å². The Bertz CT molecular complexity index is 453. The van der Waals surface area contributed by atoms with Crippen molar-refractivity contribution in [3.05, 3.63) is 35.4 Å². The van der Waals surface area contributed by atoms with Gasteiger partial charge in [-0.1, -0.05) is 51.5 Å². The third-order valence-electron chi connectivity index (χ3n) is 4.19. The van der Waals surface area contributed by atoms with Crippen LogP contribution in [0.5, 0.6) is 0 Å². The second-order valence-corrected chi connectivity index (χ2v) is 6.81. The predicted molar refractivity (Wildman–Crippen MR) is 82.7 cm³/mol. The van der Waals surface area contributed by atoms with Crippen molar-refractivity contribution in [2.75, 3.05) is 6.54 Å². The summed E-state index contributed by atoms with van der Waals surface area (Å²) in [6, 6.07) is 8.54. The molecular weight excluding hydrogens is 248 g/mol. The van der Waals surface area contributed by atoms with E-state index in [9.17, 15) is 4.79 Å². The lowest BCUT2D eigenvalue weighted by atomic mass is 9.82. The first kappa shape index (κ1) is 15.0. The fourth-order valence-electron chi connectivity index (χ4n) is 2.95. The van der Waals surface area contributed by atoms with Gasteiger partial charge >= 0.3 is 0 Å². The van der Waals surface area contributed by atoms with Crippen LogP contribution in [0.25, 0.3) is 0 Å². The molecule has 0 unspecified atom stereocenters. The molecule has 0 radical (unpaired) electrons. The van der Waals surface area contributed by atoms with E-state index in [1.54, 1.807) is 0 Å². The molecular formula is C17H26N2O. The summed E-state index contributed by atoms with van der Waals surface area (Å²) in [7, 11) is 0. The molecule has 3 nitrogen and oxygen atoms in total. The minimum Gasteiger partial charge on any atom is -0.369 e. The zero-order valence-corrected chi connectivity index (χ0v) is 12.8. The molecule has 0 aromatic heterocycles. The normalized spacial score (nSPS) is 21.4. The summed E-state index contributed by atoms with van der Waals surface area (Å²) < 4.78 is 0. The van der Waals surface area contributed by atoms with Gasteiger partial charge in [0.1, 0.15) is 0 Å². The molecule has 1 heterocycles. The van der Waals surface area contributed by atoms with Crippen LogP contribution >= 0.6 is 0 Å². The summed E-state index contributed by atoms with van der Waals surface area (Å²) in [5, 5.41) is 3.44. The van der Waals surface area contributed by atoms with E-state index >= 15 is 0 Å². The first-order valence-electron chi connectivity index (χ1n) is 7.53. The number of piperidine rings is 1. The second kappa shape index (κ2) is 5.96. The number of amides is 1. The van der Waals surface area contributed by atoms with Gasteiger partial charge in [-0.15, -0.1) is 0 Å². The molecule has 1 saturated heterocycles. The van der Waals surface area contributed by atoms with Gasteiger partial charge in [-0.25, -0.2) is 0 Å². The van der Waals surface area contributed by atoms with Crippen molar-refractivity contribution in [3.8, 4) is 0 Å². The molecule has 3 heteroatoms. The van der Waals surface area contributed by atoms with E-state index in [1.165, 1.54) is 18.4 Å². The van der Waals surface area contributed by atoms with E-state index in [2.05, 4.69) is 50.4 Å². The molecule has 0 aliphatic carbocycles. The van der Waals surface area contributed by atoms with E-state index in [-0.39, 0.29) is 23.3 Å². The molecule has 0 spiro atoms. The second-order valence-electron chi connectivity index (χ2n) is 6.81. The summed E-state index contributed by atoms with van der Waals surface area (Å²) in [5.74, 6) is -0.447. The Hall–Kier alpha value is -1.35. The molecule has 110 valence electrons. The van der Waals surface area contributed by atoms with Gasteiger partial charge in [0.25, 0.3) is 0 Å². The number of hydrogen-bond acceptors (Lipinski definition) is 2. The molecule has 3 N–H and O–H groups in total. The van der Waals surface area contributed by atoms with Crippen LogP contribution in [-0.2, 0) is 10.2 Å². The lowest BCUT2D eigenvalue weighted by Crippen LogP contribution is -2.43. The Labute approximate surface area is 121 Å². The summed E-state index contributed by atoms with van der Waals surface area (Å²) >= 11 is 0. The van der Waals surface area contributed by atoms with Crippen molar-refractivity contribution in [2.24, 2.45) is 5.73 Å². The van der Waals surface area contributed by atoms with E-state index in [1.807, 2.05) is 0 Å². The smallest absolute Gasteiger partial charge is 0.226 e. The van der Waals surface area contributed by atoms with Crippen LogP contribution in [0.4, 0.5) is 0 Å². The molecule has 20 heavy (non-hydrogen) atoms. The number of nitrogens with two attached hydrogens (primary N) is 1. The maximum Gasteiger partial charge on any atom is 0.226 e.